The van der Waals surface area contributed by atoms with Crippen LogP contribution in [0.3, 0.4) is 0 Å². The second kappa shape index (κ2) is 11.3. The van der Waals surface area contributed by atoms with Gasteiger partial charge in [-0.25, -0.2) is 0 Å². The number of unbranched alkanes of at least 4 members (excludes halogenated alkanes) is 1. The van der Waals surface area contributed by atoms with Gasteiger partial charge in [-0.2, -0.15) is 0 Å². The predicted octanol–water partition coefficient (Wildman–Crippen LogP) is 0.522. The molecule has 1 aromatic carbocycles. The standard InChI is InChI=1S/C16H21N2O3SSe/c1-12(19)18-14(15(20)21)11-22-16(23)17-10-6-5-9-13-7-3-2-4-8-13/h2-4,7-8,14H,5-6,9-11H2,1H3,(H,18,19)(H,20,21)/p-1. The topological polar surface area (TPSA) is 81.6 Å². The van der Waals surface area contributed by atoms with Gasteiger partial charge in [-0.15, -0.1) is 0 Å². The molecule has 1 atom stereocenters. The number of aryl methyl sites for hydroxylation is 1. The summed E-state index contributed by atoms with van der Waals surface area (Å²) in [5.74, 6) is -1.49. The molecule has 0 saturated heterocycles. The molecular formula is C16H20N2O3SSe-. The van der Waals surface area contributed by atoms with E-state index in [-0.39, 0.29) is 11.7 Å². The Labute approximate surface area is 149 Å². The first-order chi connectivity index (χ1) is 11.0. The summed E-state index contributed by atoms with van der Waals surface area (Å²) < 4.78 is 0.696. The Morgan fingerprint density at radius 1 is 1.30 bits per heavy atom. The van der Waals surface area contributed by atoms with Crippen molar-refractivity contribution < 1.29 is 14.7 Å². The molecule has 0 saturated carbocycles. The molecule has 1 aromatic rings. The number of amides is 1. The third kappa shape index (κ3) is 9.43. The van der Waals surface area contributed by atoms with Crippen LogP contribution in [0.4, 0.5) is 0 Å². The van der Waals surface area contributed by atoms with Gasteiger partial charge in [0.15, 0.2) is 0 Å². The number of carbonyl (C=O) groups excluding carboxylic acids is 2. The second-order valence-electron chi connectivity index (χ2n) is 4.97. The van der Waals surface area contributed by atoms with Crippen LogP contribution in [0, 0.1) is 0 Å². The van der Waals surface area contributed by atoms with Crippen molar-refractivity contribution in [3.05, 3.63) is 35.9 Å². The van der Waals surface area contributed by atoms with E-state index in [1.54, 1.807) is 0 Å². The third-order valence-corrected chi connectivity index (χ3v) is 4.88. The van der Waals surface area contributed by atoms with Crippen molar-refractivity contribution in [3.8, 4) is 0 Å². The van der Waals surface area contributed by atoms with Crippen LogP contribution >= 0.6 is 11.8 Å². The molecule has 1 unspecified atom stereocenters. The molecule has 1 rings (SSSR count). The normalized spacial score (nSPS) is 12.7. The van der Waals surface area contributed by atoms with E-state index in [0.29, 0.717) is 10.5 Å². The number of carbonyl (C=O) groups is 2. The molecule has 7 heteroatoms. The Balaban J connectivity index is 2.23. The SMILES string of the molecule is CC(=O)NC(CSC([Se])=NCCCCc1ccccc1)C(=O)[O-]. The number of nitrogens with zero attached hydrogens (tertiary/aromatic N) is 1. The van der Waals surface area contributed by atoms with Crippen LogP contribution in [0.5, 0.6) is 0 Å². The Kier molecular flexibility index (Phi) is 9.67. The van der Waals surface area contributed by atoms with E-state index in [0.717, 1.165) is 19.3 Å². The van der Waals surface area contributed by atoms with Crippen LogP contribution in [0.25, 0.3) is 0 Å². The fourth-order valence-electron chi connectivity index (χ4n) is 1.87. The minimum atomic E-state index is -1.29. The van der Waals surface area contributed by atoms with Gasteiger partial charge in [0.25, 0.3) is 0 Å². The summed E-state index contributed by atoms with van der Waals surface area (Å²) in [6, 6.07) is 9.29. The quantitative estimate of drug-likeness (QED) is 0.284. The van der Waals surface area contributed by atoms with Gasteiger partial charge in [-0.1, -0.05) is 0 Å². The molecule has 1 N–H and O–H groups in total. The van der Waals surface area contributed by atoms with Crippen molar-refractivity contribution in [2.24, 2.45) is 4.99 Å². The fourth-order valence-corrected chi connectivity index (χ4v) is 3.20. The van der Waals surface area contributed by atoms with E-state index in [2.05, 4.69) is 38.5 Å². The number of hydrogen-bond acceptors (Lipinski definition) is 5. The van der Waals surface area contributed by atoms with Crippen LogP contribution in [-0.4, -0.2) is 50.2 Å². The molecule has 125 valence electrons. The van der Waals surface area contributed by atoms with Crippen LogP contribution in [-0.2, 0) is 16.0 Å². The number of aliphatic carboxylic acids is 1. The predicted molar refractivity (Wildman–Crippen MR) is 92.5 cm³/mol. The summed E-state index contributed by atoms with van der Waals surface area (Å²) in [4.78, 5) is 26.2. The monoisotopic (exact) mass is 400 g/mol. The van der Waals surface area contributed by atoms with Crippen molar-refractivity contribution in [2.75, 3.05) is 12.3 Å². The van der Waals surface area contributed by atoms with Gasteiger partial charge in [-0.3, -0.25) is 0 Å². The zero-order valence-corrected chi connectivity index (χ0v) is 15.5. The minimum absolute atomic E-state index is 0.192. The van der Waals surface area contributed by atoms with E-state index < -0.39 is 12.0 Å². The van der Waals surface area contributed by atoms with E-state index in [9.17, 15) is 14.7 Å². The number of hydrogen-bond donors (Lipinski definition) is 1. The van der Waals surface area contributed by atoms with E-state index in [1.807, 2.05) is 18.2 Å². The van der Waals surface area contributed by atoms with Gasteiger partial charge in [0.05, 0.1) is 0 Å². The molecule has 1 radical (unpaired) electrons. The molecule has 0 aromatic heterocycles. The van der Waals surface area contributed by atoms with Gasteiger partial charge >= 0.3 is 149 Å². The number of carboxylic acid groups (broad SMARTS) is 1. The maximum absolute atomic E-state index is 10.9. The average Bonchev–Trinajstić information content (AvgIpc) is 2.51. The molecule has 0 fully saturated rings. The van der Waals surface area contributed by atoms with Crippen molar-refractivity contribution in [1.82, 2.24) is 5.32 Å². The zero-order chi connectivity index (χ0) is 17.1. The first-order valence-corrected chi connectivity index (χ1v) is 9.19. The van der Waals surface area contributed by atoms with Crippen LogP contribution in [0.1, 0.15) is 25.3 Å². The number of nitrogens with one attached hydrogen (secondary N) is 1. The zero-order valence-electron chi connectivity index (χ0n) is 13.0. The van der Waals surface area contributed by atoms with Gasteiger partial charge in [-0.05, 0) is 0 Å². The van der Waals surface area contributed by atoms with Crippen molar-refractivity contribution in [3.63, 3.8) is 0 Å². The molecule has 1 amide bonds. The molecule has 0 aliphatic heterocycles. The number of carboxylic acids is 1. The Bertz CT molecular complexity index is 537. The summed E-state index contributed by atoms with van der Waals surface area (Å²) >= 11 is 4.09. The third-order valence-electron chi connectivity index (χ3n) is 2.99. The van der Waals surface area contributed by atoms with Gasteiger partial charge < -0.3 is 0 Å². The average molecular weight is 399 g/mol. The fraction of sp³-hybridized carbons (Fsp3) is 0.438. The van der Waals surface area contributed by atoms with Crippen LogP contribution in [0.2, 0.25) is 0 Å². The Morgan fingerprint density at radius 3 is 2.61 bits per heavy atom. The summed E-state index contributed by atoms with van der Waals surface area (Å²) in [5, 5.41) is 13.2. The van der Waals surface area contributed by atoms with E-state index in [1.165, 1.54) is 24.2 Å². The molecule has 0 aliphatic carbocycles. The number of aliphatic imine (C=N–C) groups is 1. The molecule has 0 spiro atoms. The summed E-state index contributed by atoms with van der Waals surface area (Å²) in [5.41, 5.74) is 1.32. The number of rotatable bonds is 9. The van der Waals surface area contributed by atoms with Gasteiger partial charge in [0.2, 0.25) is 0 Å². The summed E-state index contributed by atoms with van der Waals surface area (Å²) in [6.45, 7) is 1.97. The molecular weight excluding hydrogens is 379 g/mol. The summed E-state index contributed by atoms with van der Waals surface area (Å²) in [7, 11) is 0. The summed E-state index contributed by atoms with van der Waals surface area (Å²) in [6.07, 6.45) is 3.05. The molecule has 0 bridgehead atoms. The number of benzene rings is 1. The number of thioether (sulfide) groups is 1. The molecule has 5 nitrogen and oxygen atoms in total. The molecule has 0 aliphatic rings. The molecule has 0 heterocycles. The maximum atomic E-state index is 10.9. The van der Waals surface area contributed by atoms with E-state index in [4.69, 9.17) is 0 Å². The van der Waals surface area contributed by atoms with E-state index >= 15 is 0 Å². The second-order valence-corrected chi connectivity index (χ2v) is 7.38. The first-order valence-electron chi connectivity index (χ1n) is 7.35. The Hall–Kier alpha value is -1.30. The Morgan fingerprint density at radius 2 is 2.00 bits per heavy atom. The van der Waals surface area contributed by atoms with Crippen LogP contribution < -0.4 is 10.4 Å². The van der Waals surface area contributed by atoms with Gasteiger partial charge in [0, 0.05) is 0 Å². The van der Waals surface area contributed by atoms with Gasteiger partial charge in [0.1, 0.15) is 0 Å². The molecule has 23 heavy (non-hydrogen) atoms. The first kappa shape index (κ1) is 19.7. The van der Waals surface area contributed by atoms with Crippen molar-refractivity contribution in [2.45, 2.75) is 32.2 Å². The van der Waals surface area contributed by atoms with Crippen molar-refractivity contribution >= 4 is 43.6 Å². The van der Waals surface area contributed by atoms with Crippen molar-refractivity contribution in [1.29, 1.82) is 0 Å². The van der Waals surface area contributed by atoms with Crippen LogP contribution in [0.15, 0.2) is 35.3 Å².